The Hall–Kier alpha value is -3.51. The molecule has 0 atom stereocenters. The maximum atomic E-state index is 12.6. The van der Waals surface area contributed by atoms with Crippen LogP contribution in [0.1, 0.15) is 16.4 Å². The zero-order chi connectivity index (χ0) is 20.6. The fraction of sp³-hybridized carbons (Fsp3) is 0.375. The third-order valence-electron chi connectivity index (χ3n) is 4.39. The molecule has 1 amide bonds. The zero-order valence-corrected chi connectivity index (χ0v) is 15.2. The molecular formula is C16H15F3N8O2. The van der Waals surface area contributed by atoms with Gasteiger partial charge in [0.1, 0.15) is 5.82 Å². The van der Waals surface area contributed by atoms with Gasteiger partial charge in [-0.2, -0.15) is 18.2 Å². The maximum Gasteiger partial charge on any atom is 0.471 e. The van der Waals surface area contributed by atoms with Gasteiger partial charge in [0, 0.05) is 45.0 Å². The van der Waals surface area contributed by atoms with Crippen LogP contribution in [-0.4, -0.2) is 67.1 Å². The molecule has 29 heavy (non-hydrogen) atoms. The van der Waals surface area contributed by atoms with Gasteiger partial charge in [-0.15, -0.1) is 5.10 Å². The summed E-state index contributed by atoms with van der Waals surface area (Å²) in [4.78, 5) is 23.7. The van der Waals surface area contributed by atoms with Crippen molar-refractivity contribution in [2.45, 2.75) is 6.18 Å². The number of carbonyl (C=O) groups excluding carboxylic acids is 1. The summed E-state index contributed by atoms with van der Waals surface area (Å²) in [7, 11) is 1.69. The second kappa shape index (κ2) is 7.14. The fourth-order valence-electron chi connectivity index (χ4n) is 2.91. The lowest BCUT2D eigenvalue weighted by atomic mass is 10.2. The second-order valence-corrected chi connectivity index (χ2v) is 6.38. The van der Waals surface area contributed by atoms with Gasteiger partial charge in [-0.1, -0.05) is 10.4 Å². The molecule has 4 heterocycles. The molecule has 10 nitrogen and oxygen atoms in total. The maximum absolute atomic E-state index is 12.6. The van der Waals surface area contributed by atoms with Gasteiger partial charge in [-0.3, -0.25) is 9.48 Å². The number of rotatable bonds is 3. The summed E-state index contributed by atoms with van der Waals surface area (Å²) in [6.07, 6.45) is -1.74. The SMILES string of the molecule is Cn1cc(C(=O)N2CCN(c3ccc(-c4noc(C(F)(F)F)n4)cn3)CC2)nn1. The van der Waals surface area contributed by atoms with Crippen LogP contribution in [0.25, 0.3) is 11.4 Å². The number of piperazine rings is 1. The molecule has 1 fully saturated rings. The van der Waals surface area contributed by atoms with Gasteiger partial charge in [-0.05, 0) is 12.1 Å². The largest absolute Gasteiger partial charge is 0.471 e. The van der Waals surface area contributed by atoms with Crippen molar-refractivity contribution in [3.8, 4) is 11.4 Å². The molecule has 152 valence electrons. The van der Waals surface area contributed by atoms with Crippen LogP contribution in [0.15, 0.2) is 29.0 Å². The van der Waals surface area contributed by atoms with Gasteiger partial charge in [-0.25, -0.2) is 4.98 Å². The summed E-state index contributed by atoms with van der Waals surface area (Å²) in [6.45, 7) is 2.08. The molecule has 0 aliphatic carbocycles. The first-order chi connectivity index (χ1) is 13.8. The number of nitrogens with zero attached hydrogens (tertiary/aromatic N) is 8. The van der Waals surface area contributed by atoms with Crippen LogP contribution >= 0.6 is 0 Å². The first kappa shape index (κ1) is 18.8. The van der Waals surface area contributed by atoms with E-state index in [0.717, 1.165) is 0 Å². The number of amides is 1. The molecule has 13 heteroatoms. The molecule has 0 unspecified atom stereocenters. The highest BCUT2D eigenvalue weighted by atomic mass is 19.4. The summed E-state index contributed by atoms with van der Waals surface area (Å²) in [5, 5.41) is 10.9. The van der Waals surface area contributed by atoms with Crippen LogP contribution in [-0.2, 0) is 13.2 Å². The minimum absolute atomic E-state index is 0.182. The van der Waals surface area contributed by atoms with Crippen LogP contribution in [0.5, 0.6) is 0 Å². The number of pyridine rings is 1. The topological polar surface area (TPSA) is 106 Å². The molecule has 0 bridgehead atoms. The van der Waals surface area contributed by atoms with Crippen LogP contribution in [0, 0.1) is 0 Å². The van der Waals surface area contributed by atoms with E-state index in [9.17, 15) is 18.0 Å². The number of halogens is 3. The number of aromatic nitrogens is 6. The van der Waals surface area contributed by atoms with Gasteiger partial charge < -0.3 is 14.3 Å². The summed E-state index contributed by atoms with van der Waals surface area (Å²) < 4.78 is 43.4. The molecule has 0 aromatic carbocycles. The highest BCUT2D eigenvalue weighted by molar-refractivity contribution is 5.92. The van der Waals surface area contributed by atoms with Gasteiger partial charge in [0.2, 0.25) is 5.82 Å². The molecule has 0 N–H and O–H groups in total. The number of anilines is 1. The summed E-state index contributed by atoms with van der Waals surface area (Å²) in [5.41, 5.74) is 0.603. The lowest BCUT2D eigenvalue weighted by molar-refractivity contribution is -0.159. The van der Waals surface area contributed by atoms with Crippen molar-refractivity contribution in [3.63, 3.8) is 0 Å². The second-order valence-electron chi connectivity index (χ2n) is 6.38. The number of alkyl halides is 3. The Balaban J connectivity index is 1.39. The number of hydrogen-bond donors (Lipinski definition) is 0. The first-order valence-electron chi connectivity index (χ1n) is 8.59. The normalized spacial score (nSPS) is 15.0. The predicted molar refractivity (Wildman–Crippen MR) is 91.7 cm³/mol. The van der Waals surface area contributed by atoms with E-state index in [1.165, 1.54) is 10.9 Å². The van der Waals surface area contributed by atoms with Crippen LogP contribution in [0.2, 0.25) is 0 Å². The molecular weight excluding hydrogens is 393 g/mol. The van der Waals surface area contributed by atoms with Crippen molar-refractivity contribution < 1.29 is 22.5 Å². The minimum Gasteiger partial charge on any atom is -0.353 e. The predicted octanol–water partition coefficient (Wildman–Crippen LogP) is 1.24. The Kier molecular flexibility index (Phi) is 4.64. The molecule has 1 saturated heterocycles. The molecule has 3 aromatic heterocycles. The van der Waals surface area contributed by atoms with E-state index < -0.39 is 12.1 Å². The van der Waals surface area contributed by atoms with Crippen molar-refractivity contribution in [2.24, 2.45) is 7.05 Å². The van der Waals surface area contributed by atoms with Crippen molar-refractivity contribution in [1.82, 2.24) is 35.0 Å². The Morgan fingerprint density at radius 1 is 1.17 bits per heavy atom. The van der Waals surface area contributed by atoms with Crippen LogP contribution < -0.4 is 4.90 Å². The number of hydrogen-bond acceptors (Lipinski definition) is 8. The van der Waals surface area contributed by atoms with E-state index in [1.54, 1.807) is 30.3 Å². The zero-order valence-electron chi connectivity index (χ0n) is 15.2. The standard InChI is InChI=1S/C16H15F3N8O2/c1-25-9-11(22-24-25)14(28)27-6-4-26(5-7-27)12-3-2-10(8-20-12)13-21-15(29-23-13)16(17,18)19/h2-3,8-9H,4-7H2,1H3. The average molecular weight is 408 g/mol. The summed E-state index contributed by atoms with van der Waals surface area (Å²) in [6, 6.07) is 3.24. The Morgan fingerprint density at radius 2 is 1.93 bits per heavy atom. The molecule has 4 rings (SSSR count). The number of carbonyl (C=O) groups is 1. The molecule has 1 aliphatic rings. The van der Waals surface area contributed by atoms with Crippen LogP contribution in [0.3, 0.4) is 0 Å². The molecule has 0 radical (unpaired) electrons. The molecule has 1 aliphatic heterocycles. The lowest BCUT2D eigenvalue weighted by Crippen LogP contribution is -2.49. The highest BCUT2D eigenvalue weighted by Crippen LogP contribution is 2.29. The minimum atomic E-state index is -4.69. The molecule has 0 saturated carbocycles. The lowest BCUT2D eigenvalue weighted by Gasteiger charge is -2.35. The third kappa shape index (κ3) is 3.88. The highest BCUT2D eigenvalue weighted by Gasteiger charge is 2.38. The smallest absolute Gasteiger partial charge is 0.353 e. The van der Waals surface area contributed by atoms with Crippen LogP contribution in [0.4, 0.5) is 19.0 Å². The van der Waals surface area contributed by atoms with E-state index in [1.807, 2.05) is 4.90 Å². The van der Waals surface area contributed by atoms with Gasteiger partial charge in [0.15, 0.2) is 5.69 Å². The van der Waals surface area contributed by atoms with Crippen molar-refractivity contribution in [2.75, 3.05) is 31.1 Å². The van der Waals surface area contributed by atoms with E-state index in [0.29, 0.717) is 43.3 Å². The van der Waals surface area contributed by atoms with E-state index in [4.69, 9.17) is 0 Å². The van der Waals surface area contributed by atoms with E-state index in [-0.39, 0.29) is 11.7 Å². The van der Waals surface area contributed by atoms with Gasteiger partial charge >= 0.3 is 12.1 Å². The van der Waals surface area contributed by atoms with Crippen molar-refractivity contribution in [3.05, 3.63) is 36.1 Å². The van der Waals surface area contributed by atoms with E-state index >= 15 is 0 Å². The molecule has 0 spiro atoms. The van der Waals surface area contributed by atoms with E-state index in [2.05, 4.69) is 30.0 Å². The average Bonchev–Trinajstić information content (AvgIpc) is 3.37. The number of aryl methyl sites for hydroxylation is 1. The third-order valence-corrected chi connectivity index (χ3v) is 4.39. The Morgan fingerprint density at radius 3 is 2.48 bits per heavy atom. The summed E-state index contributed by atoms with van der Waals surface area (Å²) in [5.74, 6) is -1.13. The monoisotopic (exact) mass is 408 g/mol. The van der Waals surface area contributed by atoms with Crippen molar-refractivity contribution >= 4 is 11.7 Å². The van der Waals surface area contributed by atoms with Crippen molar-refractivity contribution in [1.29, 1.82) is 0 Å². The quantitative estimate of drug-likeness (QED) is 0.637. The van der Waals surface area contributed by atoms with Gasteiger partial charge in [0.05, 0.1) is 6.20 Å². The first-order valence-corrected chi connectivity index (χ1v) is 8.59. The van der Waals surface area contributed by atoms with Gasteiger partial charge in [0.25, 0.3) is 5.91 Å². The molecule has 3 aromatic rings. The fourth-order valence-corrected chi connectivity index (χ4v) is 2.91. The Labute approximate surface area is 161 Å². The Bertz CT molecular complexity index is 1010. The summed E-state index contributed by atoms with van der Waals surface area (Å²) >= 11 is 0.